The van der Waals surface area contributed by atoms with Gasteiger partial charge in [-0.1, -0.05) is 47.5 Å². The van der Waals surface area contributed by atoms with Crippen molar-refractivity contribution in [3.8, 4) is 0 Å². The fourth-order valence-electron chi connectivity index (χ4n) is 3.35. The highest BCUT2D eigenvalue weighted by atomic mass is 35.5. The number of carbonyl (C=O) groups is 1. The Labute approximate surface area is 202 Å². The molecule has 0 unspecified atom stereocenters. The number of nitrogens with one attached hydrogen (secondary N) is 1. The van der Waals surface area contributed by atoms with Crippen LogP contribution < -0.4 is 5.32 Å². The number of carboxylic acids is 1. The number of sulfone groups is 1. The van der Waals surface area contributed by atoms with E-state index in [1.165, 1.54) is 24.3 Å². The minimum atomic E-state index is -3.90. The maximum absolute atomic E-state index is 12.9. The number of aliphatic hydroxyl groups excluding tert-OH is 1. The number of hydrogen-bond donors (Lipinski definition) is 3. The van der Waals surface area contributed by atoms with Gasteiger partial charge < -0.3 is 15.5 Å². The number of halogens is 2. The quantitative estimate of drug-likeness (QED) is 0.385. The van der Waals surface area contributed by atoms with E-state index in [9.17, 15) is 18.3 Å². The van der Waals surface area contributed by atoms with Crippen LogP contribution in [0, 0.1) is 0 Å². The molecule has 3 N–H and O–H groups in total. The number of carboxylic acid groups (broad SMARTS) is 1. The van der Waals surface area contributed by atoms with Crippen LogP contribution in [0.5, 0.6) is 0 Å². The fraction of sp³-hybridized carbons (Fsp3) is 0.208. The smallest absolute Gasteiger partial charge is 0.335 e. The number of benzene rings is 3. The summed E-state index contributed by atoms with van der Waals surface area (Å²) < 4.78 is 25.8. The lowest BCUT2D eigenvalue weighted by molar-refractivity contribution is 0.0696. The van der Waals surface area contributed by atoms with Crippen LogP contribution in [-0.2, 0) is 16.3 Å². The first-order valence-corrected chi connectivity index (χ1v) is 12.4. The summed E-state index contributed by atoms with van der Waals surface area (Å²) >= 11 is 12.0. The number of rotatable bonds is 9. The molecule has 0 aliphatic heterocycles. The van der Waals surface area contributed by atoms with Gasteiger partial charge in [-0.15, -0.1) is 0 Å². The van der Waals surface area contributed by atoms with E-state index in [0.717, 1.165) is 17.2 Å². The van der Waals surface area contributed by atoms with Crippen molar-refractivity contribution < 1.29 is 23.4 Å². The van der Waals surface area contributed by atoms with Crippen LogP contribution in [-0.4, -0.2) is 37.2 Å². The van der Waals surface area contributed by atoms with E-state index in [-0.39, 0.29) is 26.4 Å². The molecule has 9 heteroatoms. The van der Waals surface area contributed by atoms with Crippen molar-refractivity contribution in [3.63, 3.8) is 0 Å². The summed E-state index contributed by atoms with van der Waals surface area (Å²) in [7, 11) is -3.90. The third-order valence-corrected chi connectivity index (χ3v) is 7.62. The van der Waals surface area contributed by atoms with Gasteiger partial charge in [-0.2, -0.15) is 0 Å². The molecule has 6 nitrogen and oxygen atoms in total. The number of hydrogen-bond acceptors (Lipinski definition) is 5. The maximum atomic E-state index is 12.9. The molecule has 0 aliphatic carbocycles. The van der Waals surface area contributed by atoms with Crippen molar-refractivity contribution in [2.75, 3.05) is 6.54 Å². The second kappa shape index (κ2) is 10.7. The maximum Gasteiger partial charge on any atom is 0.335 e. The molecule has 33 heavy (non-hydrogen) atoms. The topological polar surface area (TPSA) is 104 Å². The van der Waals surface area contributed by atoms with Crippen LogP contribution in [0.4, 0.5) is 0 Å². The van der Waals surface area contributed by atoms with Crippen molar-refractivity contribution in [1.29, 1.82) is 0 Å². The average molecular weight is 508 g/mol. The molecule has 0 amide bonds. The molecule has 0 bridgehead atoms. The van der Waals surface area contributed by atoms with E-state index < -0.39 is 21.9 Å². The van der Waals surface area contributed by atoms with Crippen LogP contribution in [0.3, 0.4) is 0 Å². The highest BCUT2D eigenvalue weighted by molar-refractivity contribution is 7.91. The molecule has 3 aromatic carbocycles. The van der Waals surface area contributed by atoms with Gasteiger partial charge in [0.25, 0.3) is 0 Å². The van der Waals surface area contributed by atoms with Gasteiger partial charge in [-0.3, -0.25) is 0 Å². The second-order valence-corrected chi connectivity index (χ2v) is 10.4. The Morgan fingerprint density at radius 1 is 1.03 bits per heavy atom. The molecule has 3 aromatic rings. The summed E-state index contributed by atoms with van der Waals surface area (Å²) in [6.45, 7) is 2.32. The summed E-state index contributed by atoms with van der Waals surface area (Å²) in [5.41, 5.74) is 1.56. The summed E-state index contributed by atoms with van der Waals surface area (Å²) in [5.74, 6) is -1.19. The lowest BCUT2D eigenvalue weighted by Gasteiger charge is -2.18. The highest BCUT2D eigenvalue weighted by Crippen LogP contribution is 2.29. The van der Waals surface area contributed by atoms with Gasteiger partial charge in [0.2, 0.25) is 9.84 Å². The predicted octanol–water partition coefficient (Wildman–Crippen LogP) is 4.78. The zero-order chi connectivity index (χ0) is 24.2. The number of aliphatic hydroxyl groups is 1. The summed E-state index contributed by atoms with van der Waals surface area (Å²) in [4.78, 5) is 11.0. The van der Waals surface area contributed by atoms with Crippen LogP contribution in [0.25, 0.3) is 0 Å². The Bertz CT molecular complexity index is 1250. The van der Waals surface area contributed by atoms with Crippen LogP contribution >= 0.6 is 23.2 Å². The van der Waals surface area contributed by atoms with Gasteiger partial charge in [0, 0.05) is 17.6 Å². The first-order valence-electron chi connectivity index (χ1n) is 10.1. The minimum absolute atomic E-state index is 0.0271. The SMILES string of the molecule is C[C@H](Cc1ccc(S(=O)(=O)c2ccc(C(=O)O)cc2Cl)cc1)NC[C@H](O)c1cccc(Cl)c1. The Kier molecular flexibility index (Phi) is 8.15. The van der Waals surface area contributed by atoms with Crippen LogP contribution in [0.15, 0.2) is 76.5 Å². The third kappa shape index (κ3) is 6.34. The molecule has 0 aromatic heterocycles. The molecule has 174 valence electrons. The van der Waals surface area contributed by atoms with E-state index in [1.54, 1.807) is 30.3 Å². The molecule has 0 aliphatic rings. The normalized spacial score (nSPS) is 13.5. The molecule has 0 saturated heterocycles. The lowest BCUT2D eigenvalue weighted by Crippen LogP contribution is -2.32. The average Bonchev–Trinajstić information content (AvgIpc) is 2.77. The minimum Gasteiger partial charge on any atom is -0.478 e. The van der Waals surface area contributed by atoms with Gasteiger partial charge in [0.05, 0.1) is 26.5 Å². The van der Waals surface area contributed by atoms with E-state index >= 15 is 0 Å². The van der Waals surface area contributed by atoms with Gasteiger partial charge in [0.15, 0.2) is 0 Å². The lowest BCUT2D eigenvalue weighted by atomic mass is 10.1. The zero-order valence-electron chi connectivity index (χ0n) is 17.7. The second-order valence-electron chi connectivity index (χ2n) is 7.68. The highest BCUT2D eigenvalue weighted by Gasteiger charge is 2.22. The Morgan fingerprint density at radius 3 is 2.33 bits per heavy atom. The van der Waals surface area contributed by atoms with Crippen molar-refractivity contribution in [3.05, 3.63) is 93.5 Å². The monoisotopic (exact) mass is 507 g/mol. The Hall–Kier alpha value is -2.42. The Balaban J connectivity index is 1.64. The summed E-state index contributed by atoms with van der Waals surface area (Å²) in [6.07, 6.45) is -0.0765. The summed E-state index contributed by atoms with van der Waals surface area (Å²) in [6, 6.07) is 17.1. The standard InChI is InChI=1S/C24H23Cl2NO5S/c1-15(27-14-22(28)17-3-2-4-19(25)12-17)11-16-5-8-20(9-6-16)33(31,32)23-10-7-18(24(29)30)13-21(23)26/h2-10,12-13,15,22,27-28H,11,14H2,1H3,(H,29,30)/t15-,22+/m1/s1. The van der Waals surface area contributed by atoms with Crippen LogP contribution in [0.2, 0.25) is 10.0 Å². The van der Waals surface area contributed by atoms with Crippen LogP contribution in [0.1, 0.15) is 34.5 Å². The van der Waals surface area contributed by atoms with Gasteiger partial charge >= 0.3 is 5.97 Å². The van der Waals surface area contributed by atoms with Crippen molar-refractivity contribution in [1.82, 2.24) is 5.32 Å². The van der Waals surface area contributed by atoms with E-state index in [4.69, 9.17) is 28.3 Å². The molecular weight excluding hydrogens is 485 g/mol. The van der Waals surface area contributed by atoms with E-state index in [0.29, 0.717) is 18.0 Å². The molecule has 0 radical (unpaired) electrons. The van der Waals surface area contributed by atoms with Crippen molar-refractivity contribution in [2.45, 2.75) is 35.3 Å². The van der Waals surface area contributed by atoms with Gasteiger partial charge in [-0.05, 0) is 66.9 Å². The van der Waals surface area contributed by atoms with Crippen molar-refractivity contribution >= 4 is 39.0 Å². The van der Waals surface area contributed by atoms with Gasteiger partial charge in [0.1, 0.15) is 0 Å². The fourth-order valence-corrected chi connectivity index (χ4v) is 5.35. The van der Waals surface area contributed by atoms with E-state index in [2.05, 4.69) is 5.32 Å². The molecule has 2 atom stereocenters. The predicted molar refractivity (Wildman–Crippen MR) is 128 cm³/mol. The van der Waals surface area contributed by atoms with Crippen molar-refractivity contribution in [2.24, 2.45) is 0 Å². The molecule has 0 heterocycles. The van der Waals surface area contributed by atoms with E-state index in [1.807, 2.05) is 13.0 Å². The first kappa shape index (κ1) is 25.2. The molecule has 0 spiro atoms. The molecular formula is C24H23Cl2NO5S. The third-order valence-electron chi connectivity index (χ3n) is 5.14. The Morgan fingerprint density at radius 2 is 1.73 bits per heavy atom. The largest absolute Gasteiger partial charge is 0.478 e. The first-order chi connectivity index (χ1) is 15.6. The summed E-state index contributed by atoms with van der Waals surface area (Å²) in [5, 5.41) is 23.0. The molecule has 0 saturated carbocycles. The zero-order valence-corrected chi connectivity index (χ0v) is 20.0. The van der Waals surface area contributed by atoms with Gasteiger partial charge in [-0.25, -0.2) is 13.2 Å². The molecule has 0 fully saturated rings. The molecule has 3 rings (SSSR count). The number of aromatic carboxylic acids is 1.